The molecule has 0 aliphatic heterocycles. The second-order valence-electron chi connectivity index (χ2n) is 7.38. The van der Waals surface area contributed by atoms with Crippen LogP contribution in [0.5, 0.6) is 0 Å². The lowest BCUT2D eigenvalue weighted by Crippen LogP contribution is -2.41. The van der Waals surface area contributed by atoms with Crippen LogP contribution in [0.4, 0.5) is 0 Å². The predicted octanol–water partition coefficient (Wildman–Crippen LogP) is 7.03. The Bertz CT molecular complexity index is 701. The van der Waals surface area contributed by atoms with Crippen molar-refractivity contribution < 1.29 is 0 Å². The summed E-state index contributed by atoms with van der Waals surface area (Å²) in [7, 11) is 0. The molecule has 0 spiro atoms. The average molecular weight is 348 g/mol. The molecule has 0 heterocycles. The largest absolute Gasteiger partial charge is 0.329 e. The van der Waals surface area contributed by atoms with Crippen LogP contribution in [0.15, 0.2) is 96.5 Å². The number of allylic oxidation sites excluding steroid dienone is 12. The molecule has 3 rings (SSSR count). The molecule has 0 amide bonds. The van der Waals surface area contributed by atoms with Crippen LogP contribution in [0.1, 0.15) is 47.5 Å². The minimum absolute atomic E-state index is 0.0816. The Hall–Kier alpha value is -2.28. The van der Waals surface area contributed by atoms with Gasteiger partial charge in [-0.05, 0) is 38.0 Å². The highest BCUT2D eigenvalue weighted by molar-refractivity contribution is 5.42. The normalized spacial score (nSPS) is 21.9. The summed E-state index contributed by atoms with van der Waals surface area (Å²) in [6, 6.07) is 0. The third kappa shape index (κ3) is 4.88. The highest BCUT2D eigenvalue weighted by atomic mass is 15.2. The first-order valence-corrected chi connectivity index (χ1v) is 9.80. The van der Waals surface area contributed by atoms with E-state index in [1.807, 2.05) is 13.8 Å². The van der Waals surface area contributed by atoms with Crippen LogP contribution in [-0.4, -0.2) is 10.4 Å². The van der Waals surface area contributed by atoms with Crippen molar-refractivity contribution in [3.05, 3.63) is 96.5 Å². The van der Waals surface area contributed by atoms with Crippen molar-refractivity contribution in [3.8, 4) is 0 Å². The maximum Gasteiger partial charge on any atom is 0.0794 e. The van der Waals surface area contributed by atoms with Gasteiger partial charge in [-0.15, -0.1) is 0 Å². The third-order valence-corrected chi connectivity index (χ3v) is 4.65. The number of rotatable bonds is 3. The monoisotopic (exact) mass is 347 g/mol. The zero-order chi connectivity index (χ0) is 19.0. The molecular weight excluding hydrogens is 314 g/mol. The first kappa shape index (κ1) is 20.0. The van der Waals surface area contributed by atoms with Gasteiger partial charge in [-0.25, -0.2) is 0 Å². The van der Waals surface area contributed by atoms with Crippen molar-refractivity contribution in [2.45, 2.75) is 53.0 Å². The van der Waals surface area contributed by atoms with E-state index in [-0.39, 0.29) is 11.0 Å². The summed E-state index contributed by atoms with van der Waals surface area (Å²) < 4.78 is 0. The Kier molecular flexibility index (Phi) is 6.85. The highest BCUT2D eigenvalue weighted by Crippen LogP contribution is 2.34. The van der Waals surface area contributed by atoms with Crippen LogP contribution in [0.3, 0.4) is 0 Å². The Morgan fingerprint density at radius 1 is 0.731 bits per heavy atom. The van der Waals surface area contributed by atoms with Crippen LogP contribution in [0.2, 0.25) is 0 Å². The maximum absolute atomic E-state index is 2.44. The first-order chi connectivity index (χ1) is 12.5. The summed E-state index contributed by atoms with van der Waals surface area (Å²) >= 11 is 0. The maximum atomic E-state index is 2.44. The van der Waals surface area contributed by atoms with Gasteiger partial charge in [-0.1, -0.05) is 94.5 Å². The smallest absolute Gasteiger partial charge is 0.0794 e. The van der Waals surface area contributed by atoms with Crippen molar-refractivity contribution in [1.29, 1.82) is 0 Å². The van der Waals surface area contributed by atoms with E-state index in [9.17, 15) is 0 Å². The van der Waals surface area contributed by atoms with Gasteiger partial charge in [-0.3, -0.25) is 0 Å². The molecule has 0 saturated carbocycles. The Morgan fingerprint density at radius 3 is 2.04 bits per heavy atom. The minimum Gasteiger partial charge on any atom is -0.329 e. The van der Waals surface area contributed by atoms with E-state index in [2.05, 4.69) is 111 Å². The molecule has 0 N–H and O–H groups in total. The second-order valence-corrected chi connectivity index (χ2v) is 7.38. The van der Waals surface area contributed by atoms with E-state index in [4.69, 9.17) is 0 Å². The zero-order valence-electron chi connectivity index (χ0n) is 16.9. The van der Waals surface area contributed by atoms with Crippen LogP contribution < -0.4 is 0 Å². The van der Waals surface area contributed by atoms with E-state index in [1.54, 1.807) is 0 Å². The van der Waals surface area contributed by atoms with Gasteiger partial charge in [-0.2, -0.15) is 0 Å². The standard InChI is InChI=1S/C23H27N.C2H6/c1-22(2)16-11-14-21(15-19-22)24(20-12-7-6-8-13-20)23(3)17-9-4-5-10-18-23;1-2/h4-5,7,9-19H,6,8H2,1-3H3;1-2H3. The fourth-order valence-corrected chi connectivity index (χ4v) is 3.26. The molecule has 0 atom stereocenters. The van der Waals surface area contributed by atoms with Crippen LogP contribution in [0, 0.1) is 5.41 Å². The van der Waals surface area contributed by atoms with E-state index in [1.165, 1.54) is 11.4 Å². The zero-order valence-corrected chi connectivity index (χ0v) is 16.9. The molecule has 0 aromatic heterocycles. The molecule has 3 aliphatic rings. The van der Waals surface area contributed by atoms with Gasteiger partial charge in [0.1, 0.15) is 0 Å². The molecule has 0 saturated heterocycles. The summed E-state index contributed by atoms with van der Waals surface area (Å²) in [6.45, 7) is 10.7. The molecule has 0 unspecified atom stereocenters. The molecule has 0 aromatic rings. The topological polar surface area (TPSA) is 3.24 Å². The molecule has 0 radical (unpaired) electrons. The molecule has 1 nitrogen and oxygen atoms in total. The van der Waals surface area contributed by atoms with Crippen LogP contribution in [0.25, 0.3) is 0 Å². The average Bonchev–Trinajstić information content (AvgIpc) is 2.96. The van der Waals surface area contributed by atoms with Gasteiger partial charge in [0.15, 0.2) is 0 Å². The predicted molar refractivity (Wildman–Crippen MR) is 116 cm³/mol. The second kappa shape index (κ2) is 8.89. The Morgan fingerprint density at radius 2 is 1.42 bits per heavy atom. The highest BCUT2D eigenvalue weighted by Gasteiger charge is 2.30. The summed E-state index contributed by atoms with van der Waals surface area (Å²) in [5.41, 5.74) is 2.37. The van der Waals surface area contributed by atoms with Gasteiger partial charge < -0.3 is 4.90 Å². The molecule has 0 aromatic carbocycles. The summed E-state index contributed by atoms with van der Waals surface area (Å²) in [5, 5.41) is 0. The van der Waals surface area contributed by atoms with Gasteiger partial charge in [0.2, 0.25) is 0 Å². The van der Waals surface area contributed by atoms with Gasteiger partial charge >= 0.3 is 0 Å². The number of nitrogens with zero attached hydrogens (tertiary/aromatic N) is 1. The van der Waals surface area contributed by atoms with E-state index in [0.717, 1.165) is 12.8 Å². The quantitative estimate of drug-likeness (QED) is 0.530. The fraction of sp³-hybridized carbons (Fsp3) is 0.360. The molecule has 138 valence electrons. The third-order valence-electron chi connectivity index (χ3n) is 4.65. The van der Waals surface area contributed by atoms with Gasteiger partial charge in [0, 0.05) is 16.8 Å². The lowest BCUT2D eigenvalue weighted by molar-refractivity contribution is 0.319. The fourth-order valence-electron chi connectivity index (χ4n) is 3.26. The molecule has 0 bridgehead atoms. The van der Waals surface area contributed by atoms with Gasteiger partial charge in [0.05, 0.1) is 5.54 Å². The van der Waals surface area contributed by atoms with Crippen molar-refractivity contribution in [1.82, 2.24) is 4.90 Å². The Balaban J connectivity index is 0.00000117. The van der Waals surface area contributed by atoms with E-state index >= 15 is 0 Å². The number of hydrogen-bond donors (Lipinski definition) is 0. The van der Waals surface area contributed by atoms with Crippen molar-refractivity contribution >= 4 is 0 Å². The molecular formula is C25H33N. The molecule has 1 heteroatoms. The molecule has 26 heavy (non-hydrogen) atoms. The summed E-state index contributed by atoms with van der Waals surface area (Å²) in [4.78, 5) is 2.44. The SMILES string of the molecule is CC.CC1(C)C=CC=C(N(C2=CCCC=C2)C2(C)C=CC=CC=C2)C=C1. The summed E-state index contributed by atoms with van der Waals surface area (Å²) in [5.74, 6) is 0. The van der Waals surface area contributed by atoms with Crippen LogP contribution in [-0.2, 0) is 0 Å². The lowest BCUT2D eigenvalue weighted by atomic mass is 9.92. The van der Waals surface area contributed by atoms with Crippen molar-refractivity contribution in [2.75, 3.05) is 0 Å². The minimum atomic E-state index is -0.199. The van der Waals surface area contributed by atoms with E-state index in [0.29, 0.717) is 0 Å². The first-order valence-electron chi connectivity index (χ1n) is 9.80. The lowest BCUT2D eigenvalue weighted by Gasteiger charge is -2.41. The van der Waals surface area contributed by atoms with Crippen molar-refractivity contribution in [3.63, 3.8) is 0 Å². The number of hydrogen-bond acceptors (Lipinski definition) is 1. The van der Waals surface area contributed by atoms with Crippen molar-refractivity contribution in [2.24, 2.45) is 5.41 Å². The Labute approximate surface area is 160 Å². The molecule has 0 fully saturated rings. The van der Waals surface area contributed by atoms with Crippen LogP contribution >= 0.6 is 0 Å². The van der Waals surface area contributed by atoms with E-state index < -0.39 is 0 Å². The summed E-state index contributed by atoms with van der Waals surface area (Å²) in [6.07, 6.45) is 33.3. The van der Waals surface area contributed by atoms with Gasteiger partial charge in [0.25, 0.3) is 0 Å². The molecule has 3 aliphatic carbocycles.